The molecule has 0 amide bonds. The third kappa shape index (κ3) is 3.96. The van der Waals surface area contributed by atoms with E-state index in [0.29, 0.717) is 11.7 Å². The molecule has 2 aromatic rings. The zero-order valence-corrected chi connectivity index (χ0v) is 12.5. The molecule has 0 aliphatic carbocycles. The molecule has 1 unspecified atom stereocenters. The van der Waals surface area contributed by atoms with Crippen LogP contribution in [0.3, 0.4) is 0 Å². The van der Waals surface area contributed by atoms with Gasteiger partial charge < -0.3 is 11.1 Å². The summed E-state index contributed by atoms with van der Waals surface area (Å²) in [6.07, 6.45) is 5.52. The van der Waals surface area contributed by atoms with Crippen LogP contribution in [-0.2, 0) is 6.42 Å². The number of nitrogens with one attached hydrogen (secondary N) is 1. The van der Waals surface area contributed by atoms with Crippen LogP contribution in [0.5, 0.6) is 0 Å². The first-order valence-electron chi connectivity index (χ1n) is 6.36. The molecule has 4 heteroatoms. The number of nitrogens with zero attached hydrogens (tertiary/aromatic N) is 1. The highest BCUT2D eigenvalue weighted by Crippen LogP contribution is 2.28. The Morgan fingerprint density at radius 3 is 2.68 bits per heavy atom. The highest BCUT2D eigenvalue weighted by molar-refractivity contribution is 9.10. The van der Waals surface area contributed by atoms with Crippen LogP contribution in [-0.4, -0.2) is 11.0 Å². The van der Waals surface area contributed by atoms with E-state index in [1.54, 1.807) is 12.4 Å². The van der Waals surface area contributed by atoms with Crippen molar-refractivity contribution in [2.45, 2.75) is 25.8 Å². The van der Waals surface area contributed by atoms with Gasteiger partial charge in [0.15, 0.2) is 0 Å². The van der Waals surface area contributed by atoms with E-state index in [2.05, 4.69) is 57.4 Å². The quantitative estimate of drug-likeness (QED) is 0.879. The Bertz CT molecular complexity index is 508. The van der Waals surface area contributed by atoms with Crippen LogP contribution in [0.15, 0.2) is 47.2 Å². The number of pyridine rings is 1. The number of hydrogen-bond acceptors (Lipinski definition) is 3. The molecule has 0 saturated carbocycles. The number of benzene rings is 1. The lowest BCUT2D eigenvalue weighted by molar-refractivity contribution is 0.706. The third-order valence-corrected chi connectivity index (χ3v) is 3.63. The van der Waals surface area contributed by atoms with Gasteiger partial charge in [-0.05, 0) is 41.3 Å². The molecule has 3 nitrogen and oxygen atoms in total. The Kier molecular flexibility index (Phi) is 4.80. The number of nitrogen functional groups attached to an aromatic ring is 1. The van der Waals surface area contributed by atoms with E-state index in [4.69, 9.17) is 5.73 Å². The van der Waals surface area contributed by atoms with Crippen molar-refractivity contribution in [1.82, 2.24) is 4.98 Å². The Morgan fingerprint density at radius 1 is 1.26 bits per heavy atom. The smallest absolute Gasteiger partial charge is 0.0752 e. The summed E-state index contributed by atoms with van der Waals surface area (Å²) in [6, 6.07) is 10.9. The fraction of sp³-hybridized carbons (Fsp3) is 0.267. The number of aromatic nitrogens is 1. The second-order valence-corrected chi connectivity index (χ2v) is 5.51. The number of anilines is 2. The molecule has 1 heterocycles. The van der Waals surface area contributed by atoms with Gasteiger partial charge in [0.1, 0.15) is 0 Å². The molecule has 1 aromatic carbocycles. The minimum absolute atomic E-state index is 0.348. The molecule has 2 rings (SSSR count). The maximum absolute atomic E-state index is 5.92. The second kappa shape index (κ2) is 6.57. The SMILES string of the molecule is CC(CCc1ccccc1)Nc1c(N)cncc1Br. The van der Waals surface area contributed by atoms with Gasteiger partial charge in [-0.1, -0.05) is 30.3 Å². The summed E-state index contributed by atoms with van der Waals surface area (Å²) < 4.78 is 0.902. The fourth-order valence-electron chi connectivity index (χ4n) is 1.95. The largest absolute Gasteiger partial charge is 0.396 e. The van der Waals surface area contributed by atoms with Crippen molar-refractivity contribution in [1.29, 1.82) is 0 Å². The maximum Gasteiger partial charge on any atom is 0.0752 e. The average Bonchev–Trinajstić information content (AvgIpc) is 2.42. The number of rotatable bonds is 5. The number of hydrogen-bond donors (Lipinski definition) is 2. The number of aryl methyl sites for hydroxylation is 1. The topological polar surface area (TPSA) is 50.9 Å². The van der Waals surface area contributed by atoms with Gasteiger partial charge in [-0.2, -0.15) is 0 Å². The fourth-order valence-corrected chi connectivity index (χ4v) is 2.41. The molecule has 100 valence electrons. The molecule has 0 aliphatic heterocycles. The summed E-state index contributed by atoms with van der Waals surface area (Å²) in [6.45, 7) is 2.16. The Balaban J connectivity index is 1.93. The van der Waals surface area contributed by atoms with Gasteiger partial charge in [0, 0.05) is 12.2 Å². The lowest BCUT2D eigenvalue weighted by atomic mass is 10.1. The summed E-state index contributed by atoms with van der Waals surface area (Å²) in [5, 5.41) is 3.44. The van der Waals surface area contributed by atoms with Gasteiger partial charge in [0.05, 0.1) is 22.0 Å². The van der Waals surface area contributed by atoms with Crippen molar-refractivity contribution in [2.75, 3.05) is 11.1 Å². The van der Waals surface area contributed by atoms with E-state index in [1.165, 1.54) is 5.56 Å². The standard InChI is InChI=1S/C15H18BrN3/c1-11(7-8-12-5-3-2-4-6-12)19-15-13(16)9-18-10-14(15)17/h2-6,9-11H,7-8,17H2,1H3,(H,18,19). The molecule has 3 N–H and O–H groups in total. The van der Waals surface area contributed by atoms with Crippen molar-refractivity contribution >= 4 is 27.3 Å². The van der Waals surface area contributed by atoms with E-state index in [1.807, 2.05) is 6.07 Å². The van der Waals surface area contributed by atoms with Crippen LogP contribution in [0.1, 0.15) is 18.9 Å². The zero-order valence-electron chi connectivity index (χ0n) is 10.9. The summed E-state index contributed by atoms with van der Waals surface area (Å²) in [4.78, 5) is 4.03. The highest BCUT2D eigenvalue weighted by atomic mass is 79.9. The van der Waals surface area contributed by atoms with Crippen LogP contribution in [0.2, 0.25) is 0 Å². The van der Waals surface area contributed by atoms with Gasteiger partial charge in [-0.15, -0.1) is 0 Å². The zero-order chi connectivity index (χ0) is 13.7. The molecular weight excluding hydrogens is 302 g/mol. The summed E-state index contributed by atoms with van der Waals surface area (Å²) in [7, 11) is 0. The van der Waals surface area contributed by atoms with Crippen molar-refractivity contribution < 1.29 is 0 Å². The minimum atomic E-state index is 0.348. The van der Waals surface area contributed by atoms with E-state index in [-0.39, 0.29) is 0 Å². The Hall–Kier alpha value is -1.55. The number of nitrogens with two attached hydrogens (primary N) is 1. The molecule has 0 radical (unpaired) electrons. The Morgan fingerprint density at radius 2 is 2.00 bits per heavy atom. The molecule has 0 fully saturated rings. The molecule has 0 saturated heterocycles. The molecule has 19 heavy (non-hydrogen) atoms. The summed E-state index contributed by atoms with van der Waals surface area (Å²) in [5.74, 6) is 0. The van der Waals surface area contributed by atoms with Crippen molar-refractivity contribution in [3.63, 3.8) is 0 Å². The first-order chi connectivity index (χ1) is 9.16. The molecule has 1 aromatic heterocycles. The van der Waals surface area contributed by atoms with E-state index in [9.17, 15) is 0 Å². The predicted molar refractivity (Wildman–Crippen MR) is 84.2 cm³/mol. The van der Waals surface area contributed by atoms with Crippen LogP contribution in [0.4, 0.5) is 11.4 Å². The van der Waals surface area contributed by atoms with Gasteiger partial charge in [0.2, 0.25) is 0 Å². The van der Waals surface area contributed by atoms with Gasteiger partial charge in [-0.25, -0.2) is 0 Å². The average molecular weight is 320 g/mol. The second-order valence-electron chi connectivity index (χ2n) is 4.66. The minimum Gasteiger partial charge on any atom is -0.396 e. The lowest BCUT2D eigenvalue weighted by Gasteiger charge is -2.17. The molecule has 0 spiro atoms. The van der Waals surface area contributed by atoms with Crippen LogP contribution >= 0.6 is 15.9 Å². The molecule has 0 bridgehead atoms. The van der Waals surface area contributed by atoms with Gasteiger partial charge in [0.25, 0.3) is 0 Å². The molecule has 1 atom stereocenters. The van der Waals surface area contributed by atoms with Crippen LogP contribution in [0, 0.1) is 0 Å². The van der Waals surface area contributed by atoms with E-state index >= 15 is 0 Å². The van der Waals surface area contributed by atoms with Gasteiger partial charge >= 0.3 is 0 Å². The van der Waals surface area contributed by atoms with Crippen molar-refractivity contribution in [3.05, 3.63) is 52.8 Å². The van der Waals surface area contributed by atoms with Crippen LogP contribution in [0.25, 0.3) is 0 Å². The lowest BCUT2D eigenvalue weighted by Crippen LogP contribution is -2.17. The summed E-state index contributed by atoms with van der Waals surface area (Å²) >= 11 is 3.47. The molecule has 0 aliphatic rings. The predicted octanol–water partition coefficient (Wildman–Crippen LogP) is 3.86. The summed E-state index contributed by atoms with van der Waals surface area (Å²) in [5.41, 5.74) is 8.88. The van der Waals surface area contributed by atoms with Crippen molar-refractivity contribution in [2.24, 2.45) is 0 Å². The van der Waals surface area contributed by atoms with Crippen molar-refractivity contribution in [3.8, 4) is 0 Å². The number of halogens is 1. The van der Waals surface area contributed by atoms with Gasteiger partial charge in [-0.3, -0.25) is 4.98 Å². The highest BCUT2D eigenvalue weighted by Gasteiger charge is 2.08. The maximum atomic E-state index is 5.92. The first kappa shape index (κ1) is 13.9. The Labute approximate surface area is 122 Å². The van der Waals surface area contributed by atoms with E-state index < -0.39 is 0 Å². The van der Waals surface area contributed by atoms with E-state index in [0.717, 1.165) is 23.0 Å². The normalized spacial score (nSPS) is 12.1. The molecular formula is C15H18BrN3. The third-order valence-electron chi connectivity index (χ3n) is 3.03. The first-order valence-corrected chi connectivity index (χ1v) is 7.15. The van der Waals surface area contributed by atoms with Crippen LogP contribution < -0.4 is 11.1 Å². The monoisotopic (exact) mass is 319 g/mol.